The molecular formula is C13H11NaO4. The molecule has 0 N–H and O–H groups in total. The number of fused-ring (bicyclic) bond motifs is 1. The fourth-order valence-corrected chi connectivity index (χ4v) is 1.48. The molecule has 0 bridgehead atoms. The van der Waals surface area contributed by atoms with E-state index in [0.717, 1.165) is 17.4 Å². The van der Waals surface area contributed by atoms with Gasteiger partial charge in [0, 0.05) is 0 Å². The number of carbonyl (C=O) groups excluding carboxylic acids is 1. The van der Waals surface area contributed by atoms with E-state index >= 15 is 0 Å². The monoisotopic (exact) mass is 254 g/mol. The normalized spacial score (nSPS) is 13.5. The van der Waals surface area contributed by atoms with Gasteiger partial charge in [0.2, 0.25) is 6.79 Å². The predicted molar refractivity (Wildman–Crippen MR) is 60.4 cm³/mol. The number of carbonyl (C=O) groups is 1. The van der Waals surface area contributed by atoms with Crippen LogP contribution in [0, 0.1) is 0 Å². The maximum atomic E-state index is 10.3. The van der Waals surface area contributed by atoms with Crippen LogP contribution in [-0.4, -0.2) is 12.8 Å². The summed E-state index contributed by atoms with van der Waals surface area (Å²) in [4.78, 5) is 10.3. The molecule has 0 spiro atoms. The van der Waals surface area contributed by atoms with E-state index in [0.29, 0.717) is 11.3 Å². The van der Waals surface area contributed by atoms with E-state index in [4.69, 9.17) is 9.47 Å². The van der Waals surface area contributed by atoms with Gasteiger partial charge in [0.1, 0.15) is 0 Å². The van der Waals surface area contributed by atoms with Crippen molar-refractivity contribution < 1.29 is 48.9 Å². The van der Waals surface area contributed by atoms with Gasteiger partial charge in [-0.25, -0.2) is 0 Å². The summed E-state index contributed by atoms with van der Waals surface area (Å²) in [6.45, 7) is 1.94. The molecule has 0 radical (unpaired) electrons. The minimum atomic E-state index is -1.20. The maximum absolute atomic E-state index is 10.3. The number of carboxylic acids is 1. The van der Waals surface area contributed by atoms with Gasteiger partial charge < -0.3 is 19.4 Å². The van der Waals surface area contributed by atoms with E-state index in [1.807, 2.05) is 18.2 Å². The molecule has 0 amide bonds. The molecule has 1 aromatic carbocycles. The molecule has 1 heterocycles. The number of aliphatic carboxylic acids is 1. The number of allylic oxidation sites excluding steroid dienone is 2. The minimum Gasteiger partial charge on any atom is -0.545 e. The Labute approximate surface area is 127 Å². The van der Waals surface area contributed by atoms with Crippen LogP contribution in [0.15, 0.2) is 35.9 Å². The van der Waals surface area contributed by atoms with Crippen LogP contribution < -0.4 is 44.1 Å². The van der Waals surface area contributed by atoms with Crippen molar-refractivity contribution in [3.05, 3.63) is 41.5 Å². The largest absolute Gasteiger partial charge is 1.00 e. The minimum absolute atomic E-state index is 0. The van der Waals surface area contributed by atoms with Gasteiger partial charge in [-0.05, 0) is 36.3 Å². The van der Waals surface area contributed by atoms with Crippen molar-refractivity contribution in [2.75, 3.05) is 6.79 Å². The standard InChI is InChI=1S/C13H12O4.Na/c1-9(6-13(14)15)2-3-10-4-5-11-12(7-10)17-8-16-11;/h2-7H,8H2,1H3,(H,14,15);/q;+1/p-1/b3-2+,9-6+;. The van der Waals surface area contributed by atoms with Gasteiger partial charge >= 0.3 is 29.6 Å². The Hall–Kier alpha value is -1.23. The zero-order valence-electron chi connectivity index (χ0n) is 10.3. The zero-order valence-corrected chi connectivity index (χ0v) is 12.3. The molecule has 0 saturated heterocycles. The topological polar surface area (TPSA) is 58.6 Å². The first kappa shape index (κ1) is 14.8. The van der Waals surface area contributed by atoms with Gasteiger partial charge in [-0.3, -0.25) is 0 Å². The summed E-state index contributed by atoms with van der Waals surface area (Å²) in [6.07, 6.45) is 4.55. The molecule has 0 aliphatic carbocycles. The summed E-state index contributed by atoms with van der Waals surface area (Å²) in [5.74, 6) is 0.232. The quantitative estimate of drug-likeness (QED) is 0.360. The second kappa shape index (κ2) is 6.64. The summed E-state index contributed by atoms with van der Waals surface area (Å²) in [5, 5.41) is 10.3. The van der Waals surface area contributed by atoms with Crippen molar-refractivity contribution in [1.29, 1.82) is 0 Å². The van der Waals surface area contributed by atoms with Crippen molar-refractivity contribution in [2.45, 2.75) is 6.92 Å². The molecule has 0 fully saturated rings. The van der Waals surface area contributed by atoms with Gasteiger partial charge in [-0.15, -0.1) is 0 Å². The van der Waals surface area contributed by atoms with E-state index in [2.05, 4.69) is 0 Å². The Bertz CT molecular complexity index is 506. The molecule has 1 aromatic rings. The second-order valence-corrected chi connectivity index (χ2v) is 3.65. The molecule has 2 rings (SSSR count). The van der Waals surface area contributed by atoms with Gasteiger partial charge in [-0.2, -0.15) is 0 Å². The average molecular weight is 254 g/mol. The number of benzene rings is 1. The fourth-order valence-electron chi connectivity index (χ4n) is 1.48. The molecule has 5 heteroatoms. The predicted octanol–water partition coefficient (Wildman–Crippen LogP) is -1.87. The molecule has 0 atom stereocenters. The zero-order chi connectivity index (χ0) is 12.3. The third kappa shape index (κ3) is 3.91. The van der Waals surface area contributed by atoms with Crippen LogP contribution in [-0.2, 0) is 4.79 Å². The SMILES string of the molecule is CC(/C=C/c1ccc2c(c1)OCO2)=C\C(=O)[O-].[Na+]. The summed E-state index contributed by atoms with van der Waals surface area (Å²) in [6, 6.07) is 5.53. The van der Waals surface area contributed by atoms with Crippen molar-refractivity contribution in [1.82, 2.24) is 0 Å². The van der Waals surface area contributed by atoms with Crippen LogP contribution >= 0.6 is 0 Å². The van der Waals surface area contributed by atoms with Crippen LogP contribution in [0.1, 0.15) is 12.5 Å². The molecule has 18 heavy (non-hydrogen) atoms. The molecule has 0 unspecified atom stereocenters. The summed E-state index contributed by atoms with van der Waals surface area (Å²) < 4.78 is 10.4. The number of ether oxygens (including phenoxy) is 2. The van der Waals surface area contributed by atoms with Gasteiger partial charge in [0.15, 0.2) is 11.5 Å². The van der Waals surface area contributed by atoms with Crippen LogP contribution in [0.4, 0.5) is 0 Å². The number of hydrogen-bond donors (Lipinski definition) is 0. The second-order valence-electron chi connectivity index (χ2n) is 3.65. The molecular weight excluding hydrogens is 243 g/mol. The Morgan fingerprint density at radius 3 is 2.78 bits per heavy atom. The average Bonchev–Trinajstić information content (AvgIpc) is 2.72. The Morgan fingerprint density at radius 2 is 2.06 bits per heavy atom. The van der Waals surface area contributed by atoms with Crippen molar-refractivity contribution in [3.8, 4) is 11.5 Å². The maximum Gasteiger partial charge on any atom is 1.00 e. The first-order valence-corrected chi connectivity index (χ1v) is 5.12. The van der Waals surface area contributed by atoms with Crippen molar-refractivity contribution in [2.24, 2.45) is 0 Å². The van der Waals surface area contributed by atoms with Crippen LogP contribution in [0.3, 0.4) is 0 Å². The molecule has 1 aliphatic rings. The van der Waals surface area contributed by atoms with Crippen LogP contribution in [0.25, 0.3) is 6.08 Å². The third-order valence-electron chi connectivity index (χ3n) is 2.28. The Kier molecular flexibility index (Phi) is 5.47. The summed E-state index contributed by atoms with van der Waals surface area (Å²) in [5.41, 5.74) is 1.53. The van der Waals surface area contributed by atoms with Crippen LogP contribution in [0.2, 0.25) is 0 Å². The van der Waals surface area contributed by atoms with E-state index in [9.17, 15) is 9.90 Å². The third-order valence-corrected chi connectivity index (χ3v) is 2.28. The number of carboxylic acid groups (broad SMARTS) is 1. The van der Waals surface area contributed by atoms with E-state index in [-0.39, 0.29) is 36.4 Å². The van der Waals surface area contributed by atoms with E-state index < -0.39 is 5.97 Å². The number of rotatable bonds is 3. The van der Waals surface area contributed by atoms with E-state index in [1.165, 1.54) is 0 Å². The molecule has 0 aromatic heterocycles. The fraction of sp³-hybridized carbons (Fsp3) is 0.154. The van der Waals surface area contributed by atoms with Gasteiger partial charge in [0.25, 0.3) is 0 Å². The Balaban J connectivity index is 0.00000162. The number of hydrogen-bond acceptors (Lipinski definition) is 4. The summed E-state index contributed by atoms with van der Waals surface area (Å²) in [7, 11) is 0. The van der Waals surface area contributed by atoms with Gasteiger partial charge in [0.05, 0.1) is 5.97 Å². The van der Waals surface area contributed by atoms with Crippen LogP contribution in [0.5, 0.6) is 11.5 Å². The van der Waals surface area contributed by atoms with Crippen molar-refractivity contribution >= 4 is 12.0 Å². The van der Waals surface area contributed by atoms with E-state index in [1.54, 1.807) is 19.1 Å². The summed E-state index contributed by atoms with van der Waals surface area (Å²) >= 11 is 0. The Morgan fingerprint density at radius 1 is 1.33 bits per heavy atom. The molecule has 1 aliphatic heterocycles. The van der Waals surface area contributed by atoms with Gasteiger partial charge in [-0.1, -0.05) is 18.2 Å². The molecule has 0 saturated carbocycles. The first-order chi connectivity index (χ1) is 8.15. The molecule has 88 valence electrons. The molecule has 4 nitrogen and oxygen atoms in total. The first-order valence-electron chi connectivity index (χ1n) is 5.12. The van der Waals surface area contributed by atoms with Crippen molar-refractivity contribution in [3.63, 3.8) is 0 Å². The smallest absolute Gasteiger partial charge is 0.545 e.